The van der Waals surface area contributed by atoms with E-state index in [1.165, 1.54) is 44.1 Å². The van der Waals surface area contributed by atoms with Crippen molar-refractivity contribution in [1.82, 2.24) is 9.97 Å². The number of nitriles is 1. The van der Waals surface area contributed by atoms with Crippen LogP contribution in [0.1, 0.15) is 62.1 Å². The van der Waals surface area contributed by atoms with Gasteiger partial charge >= 0.3 is 0 Å². The van der Waals surface area contributed by atoms with Crippen LogP contribution < -0.4 is 0 Å². The molecule has 0 spiro atoms. The summed E-state index contributed by atoms with van der Waals surface area (Å²) in [6.07, 6.45) is 13.2. The lowest BCUT2D eigenvalue weighted by molar-refractivity contribution is 0.258. The largest absolute Gasteiger partial charge is 0.236 e. The van der Waals surface area contributed by atoms with Crippen LogP contribution in [0.4, 0.5) is 0 Å². The molecule has 130 valence electrons. The fraction of sp³-hybridized carbons (Fsp3) is 0.500. The minimum absolute atomic E-state index is 0.707. The van der Waals surface area contributed by atoms with E-state index in [4.69, 9.17) is 5.26 Å². The molecule has 1 fully saturated rings. The van der Waals surface area contributed by atoms with E-state index in [0.29, 0.717) is 5.56 Å². The number of rotatable bonds is 5. The summed E-state index contributed by atoms with van der Waals surface area (Å²) in [6, 6.07) is 7.95. The molecule has 25 heavy (non-hydrogen) atoms. The third-order valence-electron chi connectivity index (χ3n) is 5.70. The number of hydrogen-bond donors (Lipinski definition) is 0. The van der Waals surface area contributed by atoms with Crippen molar-refractivity contribution in [3.05, 3.63) is 47.3 Å². The average molecular weight is 333 g/mol. The van der Waals surface area contributed by atoms with Crippen LogP contribution in [0.3, 0.4) is 0 Å². The monoisotopic (exact) mass is 333 g/mol. The van der Waals surface area contributed by atoms with E-state index < -0.39 is 0 Å². The second-order valence-electron chi connectivity index (χ2n) is 7.39. The van der Waals surface area contributed by atoms with Gasteiger partial charge in [0.2, 0.25) is 0 Å². The molecular weight excluding hydrogens is 306 g/mol. The lowest BCUT2D eigenvalue weighted by atomic mass is 9.79. The zero-order valence-electron chi connectivity index (χ0n) is 15.3. The molecule has 3 heteroatoms. The molecule has 3 rings (SSSR count). The molecule has 0 aliphatic heterocycles. The first-order valence-electron chi connectivity index (χ1n) is 9.51. The summed E-state index contributed by atoms with van der Waals surface area (Å²) in [6.45, 7) is 4.27. The highest BCUT2D eigenvalue weighted by atomic mass is 14.9. The highest BCUT2D eigenvalue weighted by Gasteiger charge is 2.19. The number of nitrogens with zero attached hydrogens (tertiary/aromatic N) is 3. The Morgan fingerprint density at radius 2 is 1.76 bits per heavy atom. The Balaban J connectivity index is 1.57. The third-order valence-corrected chi connectivity index (χ3v) is 5.70. The van der Waals surface area contributed by atoms with E-state index >= 15 is 0 Å². The normalized spacial score (nSPS) is 20.2. The molecule has 1 heterocycles. The predicted molar refractivity (Wildman–Crippen MR) is 101 cm³/mol. The van der Waals surface area contributed by atoms with Crippen LogP contribution in [-0.2, 0) is 6.42 Å². The van der Waals surface area contributed by atoms with E-state index in [1.807, 2.05) is 37.5 Å². The Hall–Kier alpha value is -2.21. The van der Waals surface area contributed by atoms with Gasteiger partial charge in [0, 0.05) is 18.0 Å². The number of benzene rings is 1. The van der Waals surface area contributed by atoms with Gasteiger partial charge in [0.25, 0.3) is 0 Å². The van der Waals surface area contributed by atoms with Crippen LogP contribution in [0.25, 0.3) is 11.4 Å². The summed E-state index contributed by atoms with van der Waals surface area (Å²) in [5, 5.41) is 9.03. The van der Waals surface area contributed by atoms with Gasteiger partial charge in [-0.2, -0.15) is 5.26 Å². The zero-order valence-corrected chi connectivity index (χ0v) is 15.3. The molecule has 1 aliphatic rings. The lowest BCUT2D eigenvalue weighted by Gasteiger charge is -2.27. The van der Waals surface area contributed by atoms with Crippen molar-refractivity contribution in [2.24, 2.45) is 11.8 Å². The fourth-order valence-corrected chi connectivity index (χ4v) is 3.86. The highest BCUT2D eigenvalue weighted by molar-refractivity contribution is 5.58. The summed E-state index contributed by atoms with van der Waals surface area (Å²) in [5.41, 5.74) is 3.88. The zero-order chi connectivity index (χ0) is 17.6. The van der Waals surface area contributed by atoms with Crippen LogP contribution in [0.5, 0.6) is 0 Å². The van der Waals surface area contributed by atoms with Gasteiger partial charge in [-0.05, 0) is 60.9 Å². The van der Waals surface area contributed by atoms with E-state index in [1.54, 1.807) is 0 Å². The molecule has 3 nitrogen and oxygen atoms in total. The van der Waals surface area contributed by atoms with Crippen LogP contribution in [-0.4, -0.2) is 9.97 Å². The molecule has 0 atom stereocenters. The second kappa shape index (κ2) is 8.25. The van der Waals surface area contributed by atoms with Gasteiger partial charge in [-0.1, -0.05) is 39.0 Å². The third kappa shape index (κ3) is 4.45. The van der Waals surface area contributed by atoms with Crippen molar-refractivity contribution in [3.63, 3.8) is 0 Å². The molecule has 0 radical (unpaired) electrons. The lowest BCUT2D eigenvalue weighted by Crippen LogP contribution is -2.14. The van der Waals surface area contributed by atoms with Gasteiger partial charge in [-0.25, -0.2) is 9.97 Å². The minimum atomic E-state index is 0.707. The standard InChI is InChI=1S/C22H27N3/c1-3-17-4-6-18(7-5-17)8-9-19-14-24-22(25-15-19)20-10-11-21(13-23)16(2)12-20/h10-12,14-15,17-18H,3-9H2,1-2H3. The molecule has 0 amide bonds. The quantitative estimate of drug-likeness (QED) is 0.728. The van der Waals surface area contributed by atoms with Crippen molar-refractivity contribution in [1.29, 1.82) is 5.26 Å². The molecule has 1 saturated carbocycles. The maximum absolute atomic E-state index is 9.03. The van der Waals surface area contributed by atoms with Crippen LogP contribution >= 0.6 is 0 Å². The van der Waals surface area contributed by atoms with Crippen molar-refractivity contribution in [2.75, 3.05) is 0 Å². The topological polar surface area (TPSA) is 49.6 Å². The summed E-state index contributed by atoms with van der Waals surface area (Å²) in [7, 11) is 0. The summed E-state index contributed by atoms with van der Waals surface area (Å²) >= 11 is 0. The summed E-state index contributed by atoms with van der Waals surface area (Å²) < 4.78 is 0. The van der Waals surface area contributed by atoms with Crippen LogP contribution in [0, 0.1) is 30.1 Å². The smallest absolute Gasteiger partial charge is 0.159 e. The molecule has 0 unspecified atom stereocenters. The van der Waals surface area contributed by atoms with E-state index in [9.17, 15) is 0 Å². The van der Waals surface area contributed by atoms with Gasteiger partial charge in [-0.3, -0.25) is 0 Å². The Morgan fingerprint density at radius 1 is 1.08 bits per heavy atom. The predicted octanol–water partition coefficient (Wildman–Crippen LogP) is 5.47. The number of aryl methyl sites for hydroxylation is 2. The number of aromatic nitrogens is 2. The Labute approximate surface area is 151 Å². The fourth-order valence-electron chi connectivity index (χ4n) is 3.86. The van der Waals surface area contributed by atoms with Crippen molar-refractivity contribution in [2.45, 2.75) is 58.8 Å². The summed E-state index contributed by atoms with van der Waals surface area (Å²) in [5.74, 6) is 2.58. The highest BCUT2D eigenvalue weighted by Crippen LogP contribution is 2.33. The molecule has 1 aliphatic carbocycles. The van der Waals surface area contributed by atoms with Gasteiger partial charge in [-0.15, -0.1) is 0 Å². The minimum Gasteiger partial charge on any atom is -0.236 e. The van der Waals surface area contributed by atoms with Gasteiger partial charge in [0.15, 0.2) is 5.82 Å². The first kappa shape index (κ1) is 17.6. The van der Waals surface area contributed by atoms with Crippen molar-refractivity contribution >= 4 is 0 Å². The second-order valence-corrected chi connectivity index (χ2v) is 7.39. The molecule has 0 bridgehead atoms. The Kier molecular flexibility index (Phi) is 5.81. The van der Waals surface area contributed by atoms with Crippen LogP contribution in [0.2, 0.25) is 0 Å². The van der Waals surface area contributed by atoms with Gasteiger partial charge in [0.05, 0.1) is 11.6 Å². The van der Waals surface area contributed by atoms with E-state index in [-0.39, 0.29) is 0 Å². The maximum Gasteiger partial charge on any atom is 0.159 e. The van der Waals surface area contributed by atoms with Gasteiger partial charge < -0.3 is 0 Å². The molecule has 0 saturated heterocycles. The Morgan fingerprint density at radius 3 is 2.36 bits per heavy atom. The van der Waals surface area contributed by atoms with Crippen molar-refractivity contribution in [3.8, 4) is 17.5 Å². The molecule has 1 aromatic carbocycles. The summed E-state index contributed by atoms with van der Waals surface area (Å²) in [4.78, 5) is 9.08. The van der Waals surface area contributed by atoms with E-state index in [0.717, 1.165) is 35.2 Å². The number of hydrogen-bond acceptors (Lipinski definition) is 3. The maximum atomic E-state index is 9.03. The first-order valence-corrected chi connectivity index (χ1v) is 9.51. The van der Waals surface area contributed by atoms with E-state index in [2.05, 4.69) is 23.0 Å². The molecule has 0 N–H and O–H groups in total. The average Bonchev–Trinajstić information content (AvgIpc) is 2.67. The molecular formula is C22H27N3. The Bertz CT molecular complexity index is 735. The molecule has 2 aromatic rings. The first-order chi connectivity index (χ1) is 12.2. The molecule has 1 aromatic heterocycles. The SMILES string of the molecule is CCC1CCC(CCc2cnc(-c3ccc(C#N)c(C)c3)nc2)CC1. The van der Waals surface area contributed by atoms with Gasteiger partial charge in [0.1, 0.15) is 0 Å². The van der Waals surface area contributed by atoms with Crippen molar-refractivity contribution < 1.29 is 0 Å². The van der Waals surface area contributed by atoms with Crippen LogP contribution in [0.15, 0.2) is 30.6 Å².